The molecule has 3 heteroatoms. The summed E-state index contributed by atoms with van der Waals surface area (Å²) in [6.45, 7) is 7.43. The zero-order valence-electron chi connectivity index (χ0n) is 17.6. The van der Waals surface area contributed by atoms with Crippen molar-refractivity contribution >= 4 is 5.97 Å². The first-order valence-corrected chi connectivity index (χ1v) is 11.7. The third-order valence-electron chi connectivity index (χ3n) is 10.2. The van der Waals surface area contributed by atoms with E-state index in [1.54, 1.807) is 0 Å². The Kier molecular flexibility index (Phi) is 5.15. The molecular formula is C24H40O3. The minimum Gasteiger partial charge on any atom is -0.481 e. The third kappa shape index (κ3) is 3.16. The molecule has 0 spiro atoms. The molecule has 2 N–H and O–H groups in total. The fourth-order valence-electron chi connectivity index (χ4n) is 8.76. The number of carboxylic acid groups (broad SMARTS) is 1. The number of fused-ring (bicyclic) bond motifs is 5. The van der Waals surface area contributed by atoms with Crippen molar-refractivity contribution < 1.29 is 15.0 Å². The van der Waals surface area contributed by atoms with Crippen LogP contribution < -0.4 is 0 Å². The molecule has 1 unspecified atom stereocenters. The molecule has 3 nitrogen and oxygen atoms in total. The molecular weight excluding hydrogens is 336 g/mol. The summed E-state index contributed by atoms with van der Waals surface area (Å²) < 4.78 is 0. The van der Waals surface area contributed by atoms with Gasteiger partial charge in [-0.2, -0.15) is 0 Å². The van der Waals surface area contributed by atoms with Crippen LogP contribution in [0, 0.1) is 46.3 Å². The number of aliphatic hydroxyl groups is 1. The minimum atomic E-state index is -0.643. The predicted molar refractivity (Wildman–Crippen MR) is 107 cm³/mol. The van der Waals surface area contributed by atoms with Crippen molar-refractivity contribution in [1.82, 2.24) is 0 Å². The van der Waals surface area contributed by atoms with E-state index in [2.05, 4.69) is 20.8 Å². The molecule has 9 atom stereocenters. The van der Waals surface area contributed by atoms with Crippen LogP contribution in [0.3, 0.4) is 0 Å². The topological polar surface area (TPSA) is 57.5 Å². The van der Waals surface area contributed by atoms with Gasteiger partial charge in [0.05, 0.1) is 6.10 Å². The van der Waals surface area contributed by atoms with Crippen molar-refractivity contribution in [2.24, 2.45) is 46.3 Å². The number of hydrogen-bond acceptors (Lipinski definition) is 2. The van der Waals surface area contributed by atoms with Gasteiger partial charge in [0.25, 0.3) is 0 Å². The molecule has 0 heterocycles. The summed E-state index contributed by atoms with van der Waals surface area (Å²) in [5.41, 5.74) is 0.882. The zero-order chi connectivity index (χ0) is 19.4. The smallest absolute Gasteiger partial charge is 0.303 e. The van der Waals surface area contributed by atoms with Crippen molar-refractivity contribution in [3.05, 3.63) is 0 Å². The number of carbonyl (C=O) groups is 1. The van der Waals surface area contributed by atoms with E-state index < -0.39 is 5.97 Å². The number of aliphatic hydroxyl groups excluding tert-OH is 1. The van der Waals surface area contributed by atoms with E-state index in [-0.39, 0.29) is 6.10 Å². The Morgan fingerprint density at radius 1 is 1.00 bits per heavy atom. The van der Waals surface area contributed by atoms with Crippen molar-refractivity contribution in [2.45, 2.75) is 97.5 Å². The Morgan fingerprint density at radius 2 is 1.70 bits per heavy atom. The molecule has 0 bridgehead atoms. The lowest BCUT2D eigenvalue weighted by atomic mass is 9.44. The molecule has 4 fully saturated rings. The van der Waals surface area contributed by atoms with Gasteiger partial charge in [0.2, 0.25) is 0 Å². The van der Waals surface area contributed by atoms with Gasteiger partial charge in [0, 0.05) is 6.42 Å². The monoisotopic (exact) mass is 376 g/mol. The largest absolute Gasteiger partial charge is 0.481 e. The molecule has 4 saturated carbocycles. The van der Waals surface area contributed by atoms with E-state index in [1.165, 1.54) is 44.9 Å². The van der Waals surface area contributed by atoms with Crippen LogP contribution >= 0.6 is 0 Å². The molecule has 0 amide bonds. The summed E-state index contributed by atoms with van der Waals surface area (Å²) in [6.07, 6.45) is 12.4. The summed E-state index contributed by atoms with van der Waals surface area (Å²) in [4.78, 5) is 11.0. The Hall–Kier alpha value is -0.570. The van der Waals surface area contributed by atoms with Gasteiger partial charge in [0.1, 0.15) is 0 Å². The fraction of sp³-hybridized carbons (Fsp3) is 0.958. The van der Waals surface area contributed by atoms with Crippen molar-refractivity contribution in [2.75, 3.05) is 0 Å². The second-order valence-corrected chi connectivity index (χ2v) is 11.2. The lowest BCUT2D eigenvalue weighted by molar-refractivity contribution is -0.138. The third-order valence-corrected chi connectivity index (χ3v) is 10.2. The second kappa shape index (κ2) is 7.04. The standard InChI is InChI=1S/C24H40O3/c1-15(4-9-22(26)27)19-7-8-20-18-6-5-16-14-17(25)10-12-23(16,2)21(18)11-13-24(19,20)3/h15-21,25H,4-14H2,1-3H3,(H,26,27)/t15-,16-,17-,18-,19?,20+,21+,23-,24+/m1/s1. The molecule has 4 rings (SSSR count). The van der Waals surface area contributed by atoms with Gasteiger partial charge < -0.3 is 10.2 Å². The quantitative estimate of drug-likeness (QED) is 0.680. The van der Waals surface area contributed by atoms with Crippen molar-refractivity contribution in [1.29, 1.82) is 0 Å². The average molecular weight is 377 g/mol. The molecule has 154 valence electrons. The molecule has 0 aromatic rings. The van der Waals surface area contributed by atoms with E-state index in [4.69, 9.17) is 5.11 Å². The van der Waals surface area contributed by atoms with Gasteiger partial charge in [-0.1, -0.05) is 20.8 Å². The number of aliphatic carboxylic acids is 1. The van der Waals surface area contributed by atoms with Gasteiger partial charge in [0.15, 0.2) is 0 Å². The zero-order valence-corrected chi connectivity index (χ0v) is 17.6. The summed E-state index contributed by atoms with van der Waals surface area (Å²) in [7, 11) is 0. The Morgan fingerprint density at radius 3 is 2.44 bits per heavy atom. The van der Waals surface area contributed by atoms with Crippen LogP contribution in [0.4, 0.5) is 0 Å². The van der Waals surface area contributed by atoms with Crippen LogP contribution in [0.5, 0.6) is 0 Å². The van der Waals surface area contributed by atoms with Crippen LogP contribution in [0.1, 0.15) is 91.4 Å². The normalized spacial score (nSPS) is 50.4. The van der Waals surface area contributed by atoms with Crippen LogP contribution in [0.2, 0.25) is 0 Å². The highest BCUT2D eigenvalue weighted by Crippen LogP contribution is 2.68. The molecule has 27 heavy (non-hydrogen) atoms. The van der Waals surface area contributed by atoms with Crippen molar-refractivity contribution in [3.8, 4) is 0 Å². The van der Waals surface area contributed by atoms with Crippen LogP contribution in [-0.4, -0.2) is 22.3 Å². The predicted octanol–water partition coefficient (Wildman–Crippen LogP) is 5.51. The van der Waals surface area contributed by atoms with Gasteiger partial charge in [-0.3, -0.25) is 4.79 Å². The molecule has 0 aliphatic heterocycles. The Labute approximate surface area is 165 Å². The van der Waals surface area contributed by atoms with E-state index in [1.807, 2.05) is 0 Å². The first-order chi connectivity index (χ1) is 12.8. The van der Waals surface area contributed by atoms with E-state index in [9.17, 15) is 9.90 Å². The van der Waals surface area contributed by atoms with E-state index >= 15 is 0 Å². The first kappa shape index (κ1) is 19.7. The average Bonchev–Trinajstić information content (AvgIpc) is 2.97. The SMILES string of the molecule is C[C@H](CCC(=O)O)C1CC[C@H]2[C@H]3CC[C@@H]4C[C@H](O)CC[C@@]4(C)[C@H]3CC[C@@]12C. The summed E-state index contributed by atoms with van der Waals surface area (Å²) >= 11 is 0. The van der Waals surface area contributed by atoms with Crippen LogP contribution in [0.15, 0.2) is 0 Å². The fourth-order valence-corrected chi connectivity index (χ4v) is 8.76. The highest BCUT2D eigenvalue weighted by molar-refractivity contribution is 5.66. The summed E-state index contributed by atoms with van der Waals surface area (Å²) in [6, 6.07) is 0. The number of hydrogen-bond donors (Lipinski definition) is 2. The van der Waals surface area contributed by atoms with E-state index in [0.29, 0.717) is 29.1 Å². The number of rotatable bonds is 4. The molecule has 0 aromatic carbocycles. The van der Waals surface area contributed by atoms with Crippen LogP contribution in [0.25, 0.3) is 0 Å². The molecule has 0 radical (unpaired) electrons. The maximum absolute atomic E-state index is 11.0. The minimum absolute atomic E-state index is 0.0561. The number of carboxylic acids is 1. The van der Waals surface area contributed by atoms with E-state index in [0.717, 1.165) is 42.9 Å². The first-order valence-electron chi connectivity index (χ1n) is 11.7. The van der Waals surface area contributed by atoms with Crippen LogP contribution in [-0.2, 0) is 4.79 Å². The summed E-state index contributed by atoms with van der Waals surface area (Å²) in [5.74, 6) is 3.91. The molecule has 4 aliphatic rings. The molecule has 0 saturated heterocycles. The van der Waals surface area contributed by atoms with Gasteiger partial charge in [-0.25, -0.2) is 0 Å². The summed E-state index contributed by atoms with van der Waals surface area (Å²) in [5, 5.41) is 19.3. The van der Waals surface area contributed by atoms with Crippen molar-refractivity contribution in [3.63, 3.8) is 0 Å². The molecule has 4 aliphatic carbocycles. The highest BCUT2D eigenvalue weighted by atomic mass is 16.4. The lowest BCUT2D eigenvalue weighted by Gasteiger charge is -2.61. The second-order valence-electron chi connectivity index (χ2n) is 11.2. The maximum atomic E-state index is 11.0. The van der Waals surface area contributed by atoms with Gasteiger partial charge in [-0.15, -0.1) is 0 Å². The van der Waals surface area contributed by atoms with Gasteiger partial charge in [-0.05, 0) is 111 Å². The maximum Gasteiger partial charge on any atom is 0.303 e. The Bertz CT molecular complexity index is 574. The molecule has 0 aromatic heterocycles. The Balaban J connectivity index is 1.51. The highest BCUT2D eigenvalue weighted by Gasteiger charge is 2.60. The van der Waals surface area contributed by atoms with Gasteiger partial charge >= 0.3 is 5.97 Å². The lowest BCUT2D eigenvalue weighted by Crippen LogP contribution is -2.54.